The molecule has 2 amide bonds. The first kappa shape index (κ1) is 18.4. The molecule has 1 N–H and O–H groups in total. The Morgan fingerprint density at radius 2 is 2.15 bits per heavy atom. The summed E-state index contributed by atoms with van der Waals surface area (Å²) in [5.41, 5.74) is 2.27. The highest BCUT2D eigenvalue weighted by atomic mass is 16.2. The maximum Gasteiger partial charge on any atom is 0.317 e. The molecule has 0 radical (unpaired) electrons. The quantitative estimate of drug-likeness (QED) is 0.913. The molecule has 0 saturated carbocycles. The molecule has 1 aromatic heterocycles. The summed E-state index contributed by atoms with van der Waals surface area (Å²) in [5.74, 6) is 0. The molecule has 26 heavy (non-hydrogen) atoms. The molecule has 140 valence electrons. The second-order valence-electron chi connectivity index (χ2n) is 8.28. The van der Waals surface area contributed by atoms with Gasteiger partial charge in [-0.05, 0) is 30.7 Å². The number of rotatable bonds is 3. The van der Waals surface area contributed by atoms with Crippen molar-refractivity contribution in [2.24, 2.45) is 5.41 Å². The lowest BCUT2D eigenvalue weighted by atomic mass is 9.82. The van der Waals surface area contributed by atoms with Crippen molar-refractivity contribution in [1.29, 1.82) is 0 Å². The topological polar surface area (TPSA) is 63.1 Å². The predicted octanol–water partition coefficient (Wildman–Crippen LogP) is 3.72. The van der Waals surface area contributed by atoms with E-state index in [0.717, 1.165) is 24.9 Å². The number of piperidine rings is 1. The van der Waals surface area contributed by atoms with Crippen LogP contribution in [0, 0.1) is 12.3 Å². The third-order valence-corrected chi connectivity index (χ3v) is 5.00. The molecular weight excluding hydrogens is 326 g/mol. The van der Waals surface area contributed by atoms with Crippen LogP contribution < -0.4 is 5.32 Å². The summed E-state index contributed by atoms with van der Waals surface area (Å²) in [6.45, 7) is 10.0. The van der Waals surface area contributed by atoms with Crippen molar-refractivity contribution in [3.8, 4) is 0 Å². The summed E-state index contributed by atoms with van der Waals surface area (Å²) in [6, 6.07) is 8.54. The van der Waals surface area contributed by atoms with Gasteiger partial charge < -0.3 is 10.2 Å². The van der Waals surface area contributed by atoms with E-state index in [0.29, 0.717) is 6.54 Å². The lowest BCUT2D eigenvalue weighted by Crippen LogP contribution is -2.48. The van der Waals surface area contributed by atoms with Crippen molar-refractivity contribution in [2.45, 2.75) is 52.6 Å². The van der Waals surface area contributed by atoms with Gasteiger partial charge in [-0.15, -0.1) is 0 Å². The number of hydrogen-bond acceptors (Lipinski definition) is 3. The third-order valence-electron chi connectivity index (χ3n) is 5.00. The number of carbonyl (C=O) groups is 1. The van der Waals surface area contributed by atoms with Crippen LogP contribution in [0.15, 0.2) is 36.9 Å². The second-order valence-corrected chi connectivity index (χ2v) is 8.28. The highest BCUT2D eigenvalue weighted by Crippen LogP contribution is 2.33. The number of benzene rings is 1. The van der Waals surface area contributed by atoms with Gasteiger partial charge in [-0.1, -0.05) is 50.6 Å². The van der Waals surface area contributed by atoms with Crippen LogP contribution in [-0.2, 0) is 0 Å². The molecular formula is C20H29N5O. The van der Waals surface area contributed by atoms with Crippen molar-refractivity contribution >= 4 is 6.03 Å². The average Bonchev–Trinajstić information content (AvgIpc) is 3.13. The maximum absolute atomic E-state index is 13.0. The van der Waals surface area contributed by atoms with Gasteiger partial charge in [0.2, 0.25) is 0 Å². The number of amides is 2. The van der Waals surface area contributed by atoms with Crippen LogP contribution in [0.1, 0.15) is 56.8 Å². The normalized spacial score (nSPS) is 19.2. The van der Waals surface area contributed by atoms with E-state index in [-0.39, 0.29) is 23.5 Å². The number of urea groups is 1. The Balaban J connectivity index is 1.73. The monoisotopic (exact) mass is 355 g/mol. The van der Waals surface area contributed by atoms with E-state index in [2.05, 4.69) is 67.4 Å². The van der Waals surface area contributed by atoms with Crippen molar-refractivity contribution in [3.05, 3.63) is 48.0 Å². The Labute approximate surface area is 155 Å². The van der Waals surface area contributed by atoms with Crippen molar-refractivity contribution in [3.63, 3.8) is 0 Å². The highest BCUT2D eigenvalue weighted by molar-refractivity contribution is 5.75. The molecule has 6 nitrogen and oxygen atoms in total. The Hall–Kier alpha value is -2.37. The molecule has 3 rings (SSSR count). The number of carbonyl (C=O) groups excluding carboxylic acids is 1. The Morgan fingerprint density at radius 1 is 1.35 bits per heavy atom. The maximum atomic E-state index is 13.0. The number of nitrogens with zero attached hydrogens (tertiary/aromatic N) is 4. The van der Waals surface area contributed by atoms with Gasteiger partial charge in [-0.3, -0.25) is 0 Å². The minimum Gasteiger partial charge on any atom is -0.331 e. The van der Waals surface area contributed by atoms with E-state index >= 15 is 0 Å². The molecule has 2 heterocycles. The van der Waals surface area contributed by atoms with Crippen molar-refractivity contribution < 1.29 is 4.79 Å². The van der Waals surface area contributed by atoms with Crippen LogP contribution in [0.25, 0.3) is 0 Å². The van der Waals surface area contributed by atoms with Gasteiger partial charge in [0.15, 0.2) is 0 Å². The number of hydrogen-bond donors (Lipinski definition) is 1. The molecule has 2 atom stereocenters. The fraction of sp³-hybridized carbons (Fsp3) is 0.550. The summed E-state index contributed by atoms with van der Waals surface area (Å²) in [5, 5.41) is 7.52. The number of likely N-dealkylation sites (tertiary alicyclic amines) is 1. The van der Waals surface area contributed by atoms with E-state index in [1.807, 2.05) is 9.58 Å². The number of aromatic nitrogens is 3. The summed E-state index contributed by atoms with van der Waals surface area (Å²) >= 11 is 0. The van der Waals surface area contributed by atoms with Crippen LogP contribution in [0.2, 0.25) is 0 Å². The fourth-order valence-corrected chi connectivity index (χ4v) is 3.63. The van der Waals surface area contributed by atoms with Crippen LogP contribution in [0.4, 0.5) is 4.79 Å². The Bertz CT molecular complexity index is 735. The minimum absolute atomic E-state index is 0.00348. The van der Waals surface area contributed by atoms with E-state index in [1.165, 1.54) is 5.56 Å². The number of nitrogens with one attached hydrogen (secondary N) is 1. The highest BCUT2D eigenvalue weighted by Gasteiger charge is 2.31. The zero-order chi connectivity index (χ0) is 18.7. The lowest BCUT2D eigenvalue weighted by Gasteiger charge is -2.37. The summed E-state index contributed by atoms with van der Waals surface area (Å²) in [4.78, 5) is 18.9. The van der Waals surface area contributed by atoms with E-state index in [9.17, 15) is 4.79 Å². The molecule has 0 spiro atoms. The first-order chi connectivity index (χ1) is 12.3. The predicted molar refractivity (Wildman–Crippen MR) is 102 cm³/mol. The minimum atomic E-state index is -0.0788. The number of aryl methyl sites for hydroxylation is 1. The van der Waals surface area contributed by atoms with Gasteiger partial charge in [0.1, 0.15) is 12.7 Å². The molecule has 0 bridgehead atoms. The Morgan fingerprint density at radius 3 is 2.81 bits per heavy atom. The summed E-state index contributed by atoms with van der Waals surface area (Å²) in [7, 11) is 0. The zero-order valence-corrected chi connectivity index (χ0v) is 16.1. The molecule has 1 aliphatic rings. The van der Waals surface area contributed by atoms with Crippen LogP contribution in [0.3, 0.4) is 0 Å². The van der Waals surface area contributed by atoms with Crippen molar-refractivity contribution in [1.82, 2.24) is 25.0 Å². The van der Waals surface area contributed by atoms with Crippen LogP contribution >= 0.6 is 0 Å². The van der Waals surface area contributed by atoms with Gasteiger partial charge in [0.05, 0.1) is 12.1 Å². The smallest absolute Gasteiger partial charge is 0.317 e. The van der Waals surface area contributed by atoms with Gasteiger partial charge in [-0.2, -0.15) is 5.10 Å². The summed E-state index contributed by atoms with van der Waals surface area (Å²) < 4.78 is 1.86. The third kappa shape index (κ3) is 4.23. The molecule has 2 aromatic rings. The van der Waals surface area contributed by atoms with E-state index < -0.39 is 0 Å². The van der Waals surface area contributed by atoms with Crippen molar-refractivity contribution in [2.75, 3.05) is 13.1 Å². The molecule has 2 unspecified atom stereocenters. The van der Waals surface area contributed by atoms with E-state index in [1.54, 1.807) is 12.7 Å². The van der Waals surface area contributed by atoms with Gasteiger partial charge in [-0.25, -0.2) is 14.5 Å². The second kappa shape index (κ2) is 7.48. The molecule has 1 saturated heterocycles. The molecule has 1 aromatic carbocycles. The fourth-order valence-electron chi connectivity index (χ4n) is 3.63. The Kier molecular flexibility index (Phi) is 5.30. The zero-order valence-electron chi connectivity index (χ0n) is 16.1. The first-order valence-electron chi connectivity index (χ1n) is 9.31. The van der Waals surface area contributed by atoms with Gasteiger partial charge in [0, 0.05) is 13.1 Å². The van der Waals surface area contributed by atoms with Crippen LogP contribution in [-0.4, -0.2) is 38.8 Å². The molecule has 1 aliphatic heterocycles. The molecule has 0 aliphatic carbocycles. The lowest BCUT2D eigenvalue weighted by molar-refractivity contribution is 0.151. The van der Waals surface area contributed by atoms with E-state index in [4.69, 9.17) is 0 Å². The SMILES string of the molecule is Cc1cccc(C(NC(=O)N2CCCC(n3cncn3)C2)C(C)(C)C)c1. The summed E-state index contributed by atoms with van der Waals surface area (Å²) in [6.07, 6.45) is 5.28. The largest absolute Gasteiger partial charge is 0.331 e. The van der Waals surface area contributed by atoms with Gasteiger partial charge >= 0.3 is 6.03 Å². The van der Waals surface area contributed by atoms with Crippen LogP contribution in [0.5, 0.6) is 0 Å². The average molecular weight is 355 g/mol. The first-order valence-corrected chi connectivity index (χ1v) is 9.31. The standard InChI is InChI=1S/C20H29N5O/c1-15-7-5-8-16(11-15)18(20(2,3)4)23-19(26)24-10-6-9-17(12-24)25-14-21-13-22-25/h5,7-8,11,13-14,17-18H,6,9-10,12H2,1-4H3,(H,23,26). The van der Waals surface area contributed by atoms with Gasteiger partial charge in [0.25, 0.3) is 0 Å². The molecule has 1 fully saturated rings. The molecule has 6 heteroatoms.